The van der Waals surface area contributed by atoms with Gasteiger partial charge in [0, 0.05) is 24.8 Å². The summed E-state index contributed by atoms with van der Waals surface area (Å²) in [5, 5.41) is 4.07. The summed E-state index contributed by atoms with van der Waals surface area (Å²) < 4.78 is 1.97. The molecule has 0 spiro atoms. The zero-order valence-electron chi connectivity index (χ0n) is 11.4. The normalized spacial score (nSPS) is 10.8. The maximum atomic E-state index is 11.8. The minimum Gasteiger partial charge on any atom is -0.355 e. The van der Waals surface area contributed by atoms with Crippen LogP contribution in [0.3, 0.4) is 0 Å². The third-order valence-electron chi connectivity index (χ3n) is 3.24. The molecule has 0 saturated carbocycles. The van der Waals surface area contributed by atoms with E-state index in [1.54, 1.807) is 0 Å². The van der Waals surface area contributed by atoms with Crippen LogP contribution in [0.15, 0.2) is 30.5 Å². The monoisotopic (exact) mass is 259 g/mol. The maximum absolute atomic E-state index is 11.8. The van der Waals surface area contributed by atoms with Crippen LogP contribution in [0.2, 0.25) is 0 Å². The predicted octanol–water partition coefficient (Wildman–Crippen LogP) is 2.02. The molecule has 4 heteroatoms. The number of nitrogens with one attached hydrogen (secondary N) is 1. The summed E-state index contributed by atoms with van der Waals surface area (Å²) >= 11 is 0. The van der Waals surface area contributed by atoms with Gasteiger partial charge in [0.2, 0.25) is 5.91 Å². The number of fused-ring (bicyclic) bond motifs is 1. The standard InChI is InChI=1S/C15H21N3O/c1-2-3-7-17-15(19)11-18-8-6-13-5-4-12(10-16)9-14(13)18/h4-6,8-9H,2-3,7,10-11,16H2,1H3,(H,17,19). The third-order valence-corrected chi connectivity index (χ3v) is 3.24. The summed E-state index contributed by atoms with van der Waals surface area (Å²) in [6.45, 7) is 3.74. The number of aromatic nitrogens is 1. The average molecular weight is 259 g/mol. The predicted molar refractivity (Wildman–Crippen MR) is 77.7 cm³/mol. The van der Waals surface area contributed by atoms with E-state index in [2.05, 4.69) is 18.3 Å². The number of hydrogen-bond donors (Lipinski definition) is 2. The highest BCUT2D eigenvalue weighted by Gasteiger charge is 2.06. The number of nitrogens with two attached hydrogens (primary N) is 1. The van der Waals surface area contributed by atoms with E-state index in [9.17, 15) is 4.79 Å². The van der Waals surface area contributed by atoms with Gasteiger partial charge in [-0.3, -0.25) is 4.79 Å². The van der Waals surface area contributed by atoms with Crippen molar-refractivity contribution in [3.63, 3.8) is 0 Å². The van der Waals surface area contributed by atoms with E-state index in [1.807, 2.05) is 29.0 Å². The number of amides is 1. The summed E-state index contributed by atoms with van der Waals surface area (Å²) in [7, 11) is 0. The van der Waals surface area contributed by atoms with Gasteiger partial charge in [0.05, 0.1) is 0 Å². The van der Waals surface area contributed by atoms with Crippen LogP contribution < -0.4 is 11.1 Å². The van der Waals surface area contributed by atoms with Crippen molar-refractivity contribution in [2.45, 2.75) is 32.9 Å². The van der Waals surface area contributed by atoms with Gasteiger partial charge in [0.1, 0.15) is 6.54 Å². The van der Waals surface area contributed by atoms with E-state index in [4.69, 9.17) is 5.73 Å². The van der Waals surface area contributed by atoms with E-state index in [0.717, 1.165) is 35.9 Å². The second kappa shape index (κ2) is 6.38. The molecule has 0 unspecified atom stereocenters. The fourth-order valence-electron chi connectivity index (χ4n) is 2.11. The van der Waals surface area contributed by atoms with Gasteiger partial charge in [-0.1, -0.05) is 25.5 Å². The second-order valence-corrected chi connectivity index (χ2v) is 4.74. The molecule has 1 aromatic carbocycles. The lowest BCUT2D eigenvalue weighted by Gasteiger charge is -2.07. The van der Waals surface area contributed by atoms with Crippen LogP contribution in [0.4, 0.5) is 0 Å². The Morgan fingerprint density at radius 1 is 1.37 bits per heavy atom. The highest BCUT2D eigenvalue weighted by Crippen LogP contribution is 2.17. The first-order valence-corrected chi connectivity index (χ1v) is 6.79. The Labute approximate surface area is 113 Å². The van der Waals surface area contributed by atoms with Crippen LogP contribution in [0.1, 0.15) is 25.3 Å². The minimum atomic E-state index is 0.0594. The van der Waals surface area contributed by atoms with Gasteiger partial charge in [-0.25, -0.2) is 0 Å². The minimum absolute atomic E-state index is 0.0594. The number of carbonyl (C=O) groups excluding carboxylic acids is 1. The van der Waals surface area contributed by atoms with Crippen LogP contribution in [0.25, 0.3) is 10.9 Å². The molecule has 4 nitrogen and oxygen atoms in total. The summed E-state index contributed by atoms with van der Waals surface area (Å²) in [5.41, 5.74) is 7.80. The quantitative estimate of drug-likeness (QED) is 0.780. The molecule has 3 N–H and O–H groups in total. The molecule has 1 amide bonds. The largest absolute Gasteiger partial charge is 0.355 e. The van der Waals surface area contributed by atoms with Gasteiger partial charge in [-0.05, 0) is 29.5 Å². The fraction of sp³-hybridized carbons (Fsp3) is 0.400. The van der Waals surface area contributed by atoms with E-state index < -0.39 is 0 Å². The Morgan fingerprint density at radius 3 is 2.95 bits per heavy atom. The molecule has 102 valence electrons. The Balaban J connectivity index is 2.09. The molecule has 0 radical (unpaired) electrons. The molecular weight excluding hydrogens is 238 g/mol. The topological polar surface area (TPSA) is 60.0 Å². The first-order valence-electron chi connectivity index (χ1n) is 6.79. The van der Waals surface area contributed by atoms with Gasteiger partial charge in [-0.15, -0.1) is 0 Å². The lowest BCUT2D eigenvalue weighted by atomic mass is 10.1. The van der Waals surface area contributed by atoms with Crippen LogP contribution in [0, 0.1) is 0 Å². The molecule has 0 aliphatic heterocycles. The molecule has 0 aliphatic carbocycles. The van der Waals surface area contributed by atoms with Gasteiger partial charge in [0.25, 0.3) is 0 Å². The highest BCUT2D eigenvalue weighted by molar-refractivity contribution is 5.83. The number of rotatable bonds is 6. The molecule has 0 bridgehead atoms. The van der Waals surface area contributed by atoms with Crippen LogP contribution in [0.5, 0.6) is 0 Å². The Kier molecular flexibility index (Phi) is 4.58. The summed E-state index contributed by atoms with van der Waals surface area (Å²) in [6.07, 6.45) is 4.06. The van der Waals surface area contributed by atoms with Crippen molar-refractivity contribution >= 4 is 16.8 Å². The van der Waals surface area contributed by atoms with Crippen molar-refractivity contribution in [1.29, 1.82) is 0 Å². The first-order chi connectivity index (χ1) is 9.24. The smallest absolute Gasteiger partial charge is 0.239 e. The van der Waals surface area contributed by atoms with Gasteiger partial charge in [0.15, 0.2) is 0 Å². The molecule has 0 fully saturated rings. The van der Waals surface area contributed by atoms with Gasteiger partial charge >= 0.3 is 0 Å². The van der Waals surface area contributed by atoms with E-state index >= 15 is 0 Å². The van der Waals surface area contributed by atoms with Crippen LogP contribution >= 0.6 is 0 Å². The van der Waals surface area contributed by atoms with Crippen molar-refractivity contribution in [3.8, 4) is 0 Å². The average Bonchev–Trinajstić information content (AvgIpc) is 2.81. The number of hydrogen-bond acceptors (Lipinski definition) is 2. The third kappa shape index (κ3) is 3.35. The molecule has 1 heterocycles. The van der Waals surface area contributed by atoms with E-state index in [-0.39, 0.29) is 5.91 Å². The van der Waals surface area contributed by atoms with Crippen molar-refractivity contribution in [1.82, 2.24) is 9.88 Å². The zero-order chi connectivity index (χ0) is 13.7. The number of carbonyl (C=O) groups is 1. The zero-order valence-corrected chi connectivity index (χ0v) is 11.4. The number of nitrogens with zero attached hydrogens (tertiary/aromatic N) is 1. The van der Waals surface area contributed by atoms with Crippen molar-refractivity contribution in [2.75, 3.05) is 6.54 Å². The van der Waals surface area contributed by atoms with Gasteiger partial charge < -0.3 is 15.6 Å². The lowest BCUT2D eigenvalue weighted by Crippen LogP contribution is -2.28. The highest BCUT2D eigenvalue weighted by atomic mass is 16.1. The van der Waals surface area contributed by atoms with Crippen LogP contribution in [-0.4, -0.2) is 17.0 Å². The number of unbranched alkanes of at least 4 members (excludes halogenated alkanes) is 1. The number of benzene rings is 1. The Hall–Kier alpha value is -1.81. The van der Waals surface area contributed by atoms with Crippen molar-refractivity contribution in [2.24, 2.45) is 5.73 Å². The van der Waals surface area contributed by atoms with Crippen LogP contribution in [-0.2, 0) is 17.9 Å². The maximum Gasteiger partial charge on any atom is 0.239 e. The Bertz CT molecular complexity index is 560. The molecule has 1 aromatic heterocycles. The molecule has 0 atom stereocenters. The lowest BCUT2D eigenvalue weighted by molar-refractivity contribution is -0.121. The molecule has 2 rings (SSSR count). The Morgan fingerprint density at radius 2 is 2.21 bits per heavy atom. The molecule has 19 heavy (non-hydrogen) atoms. The molecular formula is C15H21N3O. The van der Waals surface area contributed by atoms with Crippen molar-refractivity contribution in [3.05, 3.63) is 36.0 Å². The summed E-state index contributed by atoms with van der Waals surface area (Å²) in [4.78, 5) is 11.8. The van der Waals surface area contributed by atoms with Gasteiger partial charge in [-0.2, -0.15) is 0 Å². The summed E-state index contributed by atoms with van der Waals surface area (Å²) in [6, 6.07) is 8.14. The molecule has 0 saturated heterocycles. The second-order valence-electron chi connectivity index (χ2n) is 4.74. The van der Waals surface area contributed by atoms with E-state index in [1.165, 1.54) is 0 Å². The SMILES string of the molecule is CCCCNC(=O)Cn1ccc2ccc(CN)cc21. The molecule has 2 aromatic rings. The summed E-state index contributed by atoms with van der Waals surface area (Å²) in [5.74, 6) is 0.0594. The first kappa shape index (κ1) is 13.6. The van der Waals surface area contributed by atoms with E-state index in [0.29, 0.717) is 13.1 Å². The van der Waals surface area contributed by atoms with Crippen molar-refractivity contribution < 1.29 is 4.79 Å². The fourth-order valence-corrected chi connectivity index (χ4v) is 2.11. The molecule has 0 aliphatic rings.